The van der Waals surface area contributed by atoms with Gasteiger partial charge in [-0.15, -0.1) is 10.2 Å². The van der Waals surface area contributed by atoms with Gasteiger partial charge in [-0.25, -0.2) is 0 Å². The van der Waals surface area contributed by atoms with Gasteiger partial charge in [0, 0.05) is 30.7 Å². The van der Waals surface area contributed by atoms with Crippen LogP contribution in [-0.2, 0) is 17.7 Å². The number of ether oxygens (including phenoxy) is 1. The lowest BCUT2D eigenvalue weighted by Crippen LogP contribution is -2.40. The van der Waals surface area contributed by atoms with E-state index in [1.165, 1.54) is 11.1 Å². The summed E-state index contributed by atoms with van der Waals surface area (Å²) >= 11 is 6.36. The lowest BCUT2D eigenvalue weighted by Gasteiger charge is -2.36. The quantitative estimate of drug-likeness (QED) is 0.866. The zero-order valence-electron chi connectivity index (χ0n) is 13.3. The first kappa shape index (κ1) is 15.1. The first-order valence-corrected chi connectivity index (χ1v) is 8.66. The molecular formula is C17H21ClN4O. The van der Waals surface area contributed by atoms with Crippen LogP contribution in [0, 0.1) is 0 Å². The zero-order chi connectivity index (χ0) is 15.8. The molecule has 1 fully saturated rings. The minimum atomic E-state index is -0.00515. The highest BCUT2D eigenvalue weighted by Gasteiger charge is 2.34. The molecule has 122 valence electrons. The van der Waals surface area contributed by atoms with E-state index in [0.29, 0.717) is 6.04 Å². The maximum atomic E-state index is 6.36. The van der Waals surface area contributed by atoms with Crippen molar-refractivity contribution in [1.29, 1.82) is 0 Å². The molecule has 0 spiro atoms. The van der Waals surface area contributed by atoms with Gasteiger partial charge in [0.2, 0.25) is 0 Å². The number of morpholine rings is 1. The number of benzene rings is 1. The Labute approximate surface area is 141 Å². The monoisotopic (exact) mass is 332 g/mol. The molecule has 0 radical (unpaired) electrons. The number of hydrogen-bond acceptors (Lipinski definition) is 4. The summed E-state index contributed by atoms with van der Waals surface area (Å²) in [5, 5.41) is 9.21. The summed E-state index contributed by atoms with van der Waals surface area (Å²) in [6.07, 6.45) is 3.97. The van der Waals surface area contributed by atoms with E-state index in [2.05, 4.69) is 38.7 Å². The Bertz CT molecular complexity index is 702. The van der Waals surface area contributed by atoms with Gasteiger partial charge in [-0.05, 0) is 37.0 Å². The van der Waals surface area contributed by atoms with E-state index in [1.54, 1.807) is 6.33 Å². The van der Waals surface area contributed by atoms with Crippen molar-refractivity contribution >= 4 is 11.6 Å². The summed E-state index contributed by atoms with van der Waals surface area (Å²) in [4.78, 5) is 2.52. The number of fused-ring (bicyclic) bond motifs is 1. The lowest BCUT2D eigenvalue weighted by atomic mass is 10.1. The van der Waals surface area contributed by atoms with Crippen LogP contribution in [0.15, 0.2) is 24.5 Å². The van der Waals surface area contributed by atoms with Crippen LogP contribution in [0.25, 0.3) is 0 Å². The Morgan fingerprint density at radius 2 is 2.30 bits per heavy atom. The third-order valence-electron chi connectivity index (χ3n) is 4.99. The Hall–Kier alpha value is -1.43. The number of aryl methyl sites for hydroxylation is 1. The summed E-state index contributed by atoms with van der Waals surface area (Å²) in [6, 6.07) is 6.71. The normalized spacial score (nSPS) is 24.8. The minimum Gasteiger partial charge on any atom is -0.368 e. The second-order valence-corrected chi connectivity index (χ2v) is 6.60. The molecule has 0 unspecified atom stereocenters. The molecule has 0 bridgehead atoms. The molecule has 2 aliphatic rings. The van der Waals surface area contributed by atoms with E-state index in [4.69, 9.17) is 16.3 Å². The highest BCUT2D eigenvalue weighted by Crippen LogP contribution is 2.40. The van der Waals surface area contributed by atoms with Crippen molar-refractivity contribution in [3.63, 3.8) is 0 Å². The van der Waals surface area contributed by atoms with E-state index >= 15 is 0 Å². The molecule has 1 aromatic carbocycles. The van der Waals surface area contributed by atoms with Crippen molar-refractivity contribution in [2.75, 3.05) is 19.7 Å². The van der Waals surface area contributed by atoms with Crippen molar-refractivity contribution in [3.8, 4) is 0 Å². The van der Waals surface area contributed by atoms with Crippen molar-refractivity contribution < 1.29 is 4.74 Å². The van der Waals surface area contributed by atoms with Crippen LogP contribution in [0.5, 0.6) is 0 Å². The maximum Gasteiger partial charge on any atom is 0.163 e. The van der Waals surface area contributed by atoms with Crippen LogP contribution in [0.3, 0.4) is 0 Å². The van der Waals surface area contributed by atoms with Crippen molar-refractivity contribution in [2.45, 2.75) is 38.5 Å². The van der Waals surface area contributed by atoms with Gasteiger partial charge in [-0.3, -0.25) is 4.90 Å². The number of halogens is 1. The average Bonchev–Trinajstić information content (AvgIpc) is 3.22. The van der Waals surface area contributed by atoms with Gasteiger partial charge in [-0.1, -0.05) is 23.7 Å². The summed E-state index contributed by atoms with van der Waals surface area (Å²) < 4.78 is 8.04. The molecule has 0 saturated carbocycles. The van der Waals surface area contributed by atoms with Gasteiger partial charge in [0.05, 0.1) is 6.61 Å². The Morgan fingerprint density at radius 1 is 1.39 bits per heavy atom. The van der Waals surface area contributed by atoms with E-state index in [9.17, 15) is 0 Å². The number of hydrogen-bond donors (Lipinski definition) is 0. The average molecular weight is 333 g/mol. The highest BCUT2D eigenvalue weighted by atomic mass is 35.5. The Morgan fingerprint density at radius 3 is 3.17 bits per heavy atom. The smallest absolute Gasteiger partial charge is 0.163 e. The first-order chi connectivity index (χ1) is 11.3. The predicted molar refractivity (Wildman–Crippen MR) is 88.5 cm³/mol. The van der Waals surface area contributed by atoms with Crippen molar-refractivity contribution in [2.24, 2.45) is 0 Å². The zero-order valence-corrected chi connectivity index (χ0v) is 14.0. The predicted octanol–water partition coefficient (Wildman–Crippen LogP) is 3.01. The molecule has 1 aliphatic carbocycles. The highest BCUT2D eigenvalue weighted by molar-refractivity contribution is 6.31. The Balaban J connectivity index is 1.56. The number of rotatable bonds is 3. The van der Waals surface area contributed by atoms with E-state index < -0.39 is 0 Å². The van der Waals surface area contributed by atoms with E-state index in [-0.39, 0.29) is 6.10 Å². The molecule has 2 aromatic rings. The standard InChI is InChI=1S/C17H21ClN4O/c1-2-21-11-19-20-17(21)16-10-22(8-9-23-16)15-7-6-12-13(15)4-3-5-14(12)18/h3-5,11,15-16H,2,6-10H2,1H3/t15-,16+/m0/s1. The van der Waals surface area contributed by atoms with Gasteiger partial charge in [0.1, 0.15) is 12.4 Å². The molecule has 1 aliphatic heterocycles. The van der Waals surface area contributed by atoms with Gasteiger partial charge in [0.25, 0.3) is 0 Å². The fraction of sp³-hybridized carbons (Fsp3) is 0.529. The fourth-order valence-electron chi connectivity index (χ4n) is 3.83. The van der Waals surface area contributed by atoms with Crippen LogP contribution < -0.4 is 0 Å². The molecule has 2 atom stereocenters. The molecule has 0 amide bonds. The lowest BCUT2D eigenvalue weighted by molar-refractivity contribution is -0.0508. The van der Waals surface area contributed by atoms with Crippen molar-refractivity contribution in [1.82, 2.24) is 19.7 Å². The summed E-state index contributed by atoms with van der Waals surface area (Å²) in [5.41, 5.74) is 2.70. The van der Waals surface area contributed by atoms with Crippen molar-refractivity contribution in [3.05, 3.63) is 46.5 Å². The first-order valence-electron chi connectivity index (χ1n) is 8.28. The van der Waals surface area contributed by atoms with Crippen LogP contribution >= 0.6 is 11.6 Å². The van der Waals surface area contributed by atoms with Crippen LogP contribution in [-0.4, -0.2) is 39.4 Å². The second kappa shape index (κ2) is 6.23. The second-order valence-electron chi connectivity index (χ2n) is 6.19. The van der Waals surface area contributed by atoms with E-state index in [0.717, 1.165) is 49.9 Å². The molecule has 1 aromatic heterocycles. The van der Waals surface area contributed by atoms with Gasteiger partial charge in [-0.2, -0.15) is 0 Å². The molecular weight excluding hydrogens is 312 g/mol. The van der Waals surface area contributed by atoms with E-state index in [1.807, 2.05) is 6.07 Å². The SMILES string of the molecule is CCn1cnnc1[C@H]1CN([C@H]2CCc3c(Cl)cccc32)CCO1. The Kier molecular flexibility index (Phi) is 4.09. The number of nitrogens with zero attached hydrogens (tertiary/aromatic N) is 4. The summed E-state index contributed by atoms with van der Waals surface area (Å²) in [5.74, 6) is 0.932. The largest absolute Gasteiger partial charge is 0.368 e. The maximum absolute atomic E-state index is 6.36. The topological polar surface area (TPSA) is 43.2 Å². The van der Waals surface area contributed by atoms with Crippen LogP contribution in [0.4, 0.5) is 0 Å². The summed E-state index contributed by atoms with van der Waals surface area (Å²) in [7, 11) is 0. The van der Waals surface area contributed by atoms with Crippen LogP contribution in [0.1, 0.15) is 42.4 Å². The van der Waals surface area contributed by atoms with Gasteiger partial charge < -0.3 is 9.30 Å². The fourth-order valence-corrected chi connectivity index (χ4v) is 4.11. The van der Waals surface area contributed by atoms with Gasteiger partial charge >= 0.3 is 0 Å². The molecule has 2 heterocycles. The molecule has 1 saturated heterocycles. The summed E-state index contributed by atoms with van der Waals surface area (Å²) in [6.45, 7) is 5.50. The molecule has 5 nitrogen and oxygen atoms in total. The third-order valence-corrected chi connectivity index (χ3v) is 5.35. The third kappa shape index (κ3) is 2.67. The minimum absolute atomic E-state index is 0.00515. The number of aromatic nitrogens is 3. The van der Waals surface area contributed by atoms with Gasteiger partial charge in [0.15, 0.2) is 5.82 Å². The molecule has 6 heteroatoms. The molecule has 23 heavy (non-hydrogen) atoms. The molecule has 0 N–H and O–H groups in total. The van der Waals surface area contributed by atoms with Crippen LogP contribution in [0.2, 0.25) is 5.02 Å². The molecule has 4 rings (SSSR count).